The van der Waals surface area contributed by atoms with Crippen LogP contribution in [0.1, 0.15) is 24.7 Å². The molecule has 1 amide bonds. The van der Waals surface area contributed by atoms with Gasteiger partial charge in [0.15, 0.2) is 5.82 Å². The van der Waals surface area contributed by atoms with Gasteiger partial charge in [0.2, 0.25) is 10.7 Å². The van der Waals surface area contributed by atoms with Crippen LogP contribution in [-0.2, 0) is 23.9 Å². The largest absolute Gasteiger partial charge is 0.418 e. The molecule has 0 aliphatic rings. The first kappa shape index (κ1) is 19.9. The molecular formula is C18H18F3N5OS. The first-order valence-electron chi connectivity index (χ1n) is 8.59. The molecule has 1 aromatic carbocycles. The molecule has 0 saturated carbocycles. The van der Waals surface area contributed by atoms with Gasteiger partial charge < -0.3 is 5.32 Å². The van der Waals surface area contributed by atoms with Crippen molar-refractivity contribution in [3.8, 4) is 0 Å². The lowest BCUT2D eigenvalue weighted by Gasteiger charge is -2.13. The zero-order valence-electron chi connectivity index (χ0n) is 15.0. The van der Waals surface area contributed by atoms with Crippen molar-refractivity contribution in [3.05, 3.63) is 65.0 Å². The molecule has 0 spiro atoms. The van der Waals surface area contributed by atoms with Crippen LogP contribution in [0.25, 0.3) is 0 Å². The van der Waals surface area contributed by atoms with Crippen molar-refractivity contribution in [2.24, 2.45) is 0 Å². The Kier molecular flexibility index (Phi) is 5.68. The van der Waals surface area contributed by atoms with Crippen molar-refractivity contribution < 1.29 is 18.0 Å². The number of aryl methyl sites for hydroxylation is 1. The lowest BCUT2D eigenvalue weighted by molar-refractivity contribution is -0.137. The first-order chi connectivity index (χ1) is 13.3. The van der Waals surface area contributed by atoms with Gasteiger partial charge in [0, 0.05) is 18.8 Å². The van der Waals surface area contributed by atoms with Gasteiger partial charge in [-0.2, -0.15) is 18.3 Å². The monoisotopic (exact) mass is 409 g/mol. The second-order valence-electron chi connectivity index (χ2n) is 6.07. The van der Waals surface area contributed by atoms with Gasteiger partial charge in [0.1, 0.15) is 6.54 Å². The number of amides is 1. The second-order valence-corrected chi connectivity index (χ2v) is 6.44. The number of alkyl halides is 3. The molecule has 2 aromatic heterocycles. The highest BCUT2D eigenvalue weighted by molar-refractivity contribution is 7.71. The van der Waals surface area contributed by atoms with Crippen molar-refractivity contribution in [3.63, 3.8) is 0 Å². The van der Waals surface area contributed by atoms with Gasteiger partial charge in [-0.05, 0) is 42.9 Å². The predicted octanol–water partition coefficient (Wildman–Crippen LogP) is 4.14. The van der Waals surface area contributed by atoms with Crippen molar-refractivity contribution in [2.45, 2.75) is 32.5 Å². The second kappa shape index (κ2) is 8.01. The van der Waals surface area contributed by atoms with Crippen molar-refractivity contribution in [1.29, 1.82) is 0 Å². The van der Waals surface area contributed by atoms with E-state index in [9.17, 15) is 18.0 Å². The molecule has 0 atom stereocenters. The molecule has 2 heterocycles. The lowest BCUT2D eigenvalue weighted by Crippen LogP contribution is -2.22. The molecule has 1 N–H and O–H groups in total. The minimum Gasteiger partial charge on any atom is -0.324 e. The molecule has 0 aliphatic heterocycles. The Bertz CT molecular complexity index is 1020. The number of benzene rings is 1. The van der Waals surface area contributed by atoms with E-state index in [1.807, 2.05) is 19.1 Å². The summed E-state index contributed by atoms with van der Waals surface area (Å²) < 4.78 is 44.3. The number of aromatic nitrogens is 4. The Balaban J connectivity index is 1.86. The number of halogens is 3. The van der Waals surface area contributed by atoms with E-state index in [-0.39, 0.29) is 17.0 Å². The highest BCUT2D eigenvalue weighted by Crippen LogP contribution is 2.34. The minimum atomic E-state index is -4.56. The summed E-state index contributed by atoms with van der Waals surface area (Å²) in [7, 11) is 0. The van der Waals surface area contributed by atoms with Gasteiger partial charge in [-0.15, -0.1) is 0 Å². The van der Waals surface area contributed by atoms with Crippen molar-refractivity contribution in [1.82, 2.24) is 19.1 Å². The molecule has 0 radical (unpaired) electrons. The third kappa shape index (κ3) is 4.16. The quantitative estimate of drug-likeness (QED) is 0.623. The van der Waals surface area contributed by atoms with Crippen LogP contribution >= 0.6 is 12.2 Å². The standard InChI is InChI=1S/C18H18F3N5OS/c1-2-7-15-23-25(17(28)26(15)24-10-5-6-11-24)12-16(27)22-14-9-4-3-8-13(14)18(19,20)21/h3-6,8-11H,2,7,12H2,1H3,(H,22,27). The maximum absolute atomic E-state index is 13.1. The van der Waals surface area contributed by atoms with E-state index >= 15 is 0 Å². The highest BCUT2D eigenvalue weighted by Gasteiger charge is 2.33. The average Bonchev–Trinajstić information content (AvgIpc) is 3.24. The molecule has 0 saturated heterocycles. The van der Waals surface area contributed by atoms with E-state index in [2.05, 4.69) is 10.4 Å². The minimum absolute atomic E-state index is 0.277. The van der Waals surface area contributed by atoms with Crippen LogP contribution < -0.4 is 5.32 Å². The van der Waals surface area contributed by atoms with E-state index in [0.29, 0.717) is 12.2 Å². The van der Waals surface area contributed by atoms with E-state index in [0.717, 1.165) is 12.5 Å². The molecule has 0 fully saturated rings. The molecule has 10 heteroatoms. The Hall–Kier alpha value is -2.88. The number of hydrogen-bond acceptors (Lipinski definition) is 3. The Morgan fingerprint density at radius 3 is 2.50 bits per heavy atom. The molecule has 0 bridgehead atoms. The predicted molar refractivity (Wildman–Crippen MR) is 100 cm³/mol. The molecule has 3 rings (SSSR count). The summed E-state index contributed by atoms with van der Waals surface area (Å²) in [4.78, 5) is 12.4. The van der Waals surface area contributed by atoms with E-state index < -0.39 is 17.6 Å². The maximum Gasteiger partial charge on any atom is 0.418 e. The van der Waals surface area contributed by atoms with Crippen LogP contribution in [-0.4, -0.2) is 25.0 Å². The number of para-hydroxylation sites is 1. The summed E-state index contributed by atoms with van der Waals surface area (Å²) in [5, 5.41) is 6.69. The third-order valence-corrected chi connectivity index (χ3v) is 4.36. The first-order valence-corrected chi connectivity index (χ1v) is 9.00. The summed E-state index contributed by atoms with van der Waals surface area (Å²) in [6, 6.07) is 8.48. The summed E-state index contributed by atoms with van der Waals surface area (Å²) in [5.41, 5.74) is -1.21. The molecule has 148 valence electrons. The molecule has 0 aliphatic carbocycles. The molecular weight excluding hydrogens is 391 g/mol. The van der Waals surface area contributed by atoms with Crippen LogP contribution in [0, 0.1) is 4.77 Å². The highest BCUT2D eigenvalue weighted by atomic mass is 32.1. The van der Waals surface area contributed by atoms with Crippen molar-refractivity contribution >= 4 is 23.8 Å². The number of carbonyl (C=O) groups excluding carboxylic acids is 1. The molecule has 28 heavy (non-hydrogen) atoms. The van der Waals surface area contributed by atoms with Gasteiger partial charge in [0.25, 0.3) is 0 Å². The van der Waals surface area contributed by atoms with Crippen LogP contribution in [0.5, 0.6) is 0 Å². The summed E-state index contributed by atoms with van der Waals surface area (Å²) in [5.74, 6) is 0.0141. The number of hydrogen-bond donors (Lipinski definition) is 1. The zero-order chi connectivity index (χ0) is 20.3. The smallest absolute Gasteiger partial charge is 0.324 e. The number of carbonyl (C=O) groups is 1. The number of anilines is 1. The number of nitrogens with zero attached hydrogens (tertiary/aromatic N) is 4. The van der Waals surface area contributed by atoms with Gasteiger partial charge in [-0.3, -0.25) is 9.47 Å². The van der Waals surface area contributed by atoms with E-state index in [1.165, 1.54) is 22.9 Å². The van der Waals surface area contributed by atoms with Crippen LogP contribution in [0.4, 0.5) is 18.9 Å². The fourth-order valence-corrected chi connectivity index (χ4v) is 3.09. The maximum atomic E-state index is 13.1. The lowest BCUT2D eigenvalue weighted by atomic mass is 10.1. The SMILES string of the molecule is CCCc1nn(CC(=O)Nc2ccccc2C(F)(F)F)c(=S)n1-n1cccc1. The zero-order valence-corrected chi connectivity index (χ0v) is 15.8. The molecule has 6 nitrogen and oxygen atoms in total. The average molecular weight is 409 g/mol. The topological polar surface area (TPSA) is 56.8 Å². The van der Waals surface area contributed by atoms with Crippen LogP contribution in [0.3, 0.4) is 0 Å². The fourth-order valence-electron chi connectivity index (χ4n) is 2.78. The summed E-state index contributed by atoms with van der Waals surface area (Å²) in [6.07, 6.45) is 0.470. The molecule has 0 unspecified atom stereocenters. The van der Waals surface area contributed by atoms with Gasteiger partial charge in [-0.1, -0.05) is 19.1 Å². The van der Waals surface area contributed by atoms with Gasteiger partial charge in [-0.25, -0.2) is 9.36 Å². The number of nitrogens with one attached hydrogen (secondary N) is 1. The normalized spacial score (nSPS) is 11.6. The Morgan fingerprint density at radius 1 is 1.18 bits per heavy atom. The van der Waals surface area contributed by atoms with Crippen molar-refractivity contribution in [2.75, 3.05) is 5.32 Å². The number of rotatable bonds is 6. The van der Waals surface area contributed by atoms with Gasteiger partial charge >= 0.3 is 6.18 Å². The van der Waals surface area contributed by atoms with Crippen LogP contribution in [0.15, 0.2) is 48.8 Å². The van der Waals surface area contributed by atoms with E-state index in [1.54, 1.807) is 21.7 Å². The van der Waals surface area contributed by atoms with E-state index in [4.69, 9.17) is 12.2 Å². The summed E-state index contributed by atoms with van der Waals surface area (Å²) >= 11 is 5.43. The molecule has 3 aromatic rings. The Morgan fingerprint density at radius 2 is 1.86 bits per heavy atom. The fraction of sp³-hybridized carbons (Fsp3) is 0.278. The van der Waals surface area contributed by atoms with Gasteiger partial charge in [0.05, 0.1) is 11.3 Å². The third-order valence-electron chi connectivity index (χ3n) is 3.98. The Labute approximate surface area is 164 Å². The van der Waals surface area contributed by atoms with Crippen LogP contribution in [0.2, 0.25) is 0 Å². The summed E-state index contributed by atoms with van der Waals surface area (Å²) in [6.45, 7) is 1.69.